The molecule has 1 aliphatic heterocycles. The van der Waals surface area contributed by atoms with Crippen molar-refractivity contribution >= 4 is 46.1 Å². The number of rotatable bonds is 3. The molecule has 4 aromatic rings. The number of thiazole rings is 1. The van der Waals surface area contributed by atoms with E-state index in [0.29, 0.717) is 27.4 Å². The van der Waals surface area contributed by atoms with Crippen molar-refractivity contribution in [2.45, 2.75) is 26.7 Å². The van der Waals surface area contributed by atoms with Gasteiger partial charge in [0.25, 0.3) is 5.91 Å². The lowest BCUT2D eigenvalue weighted by molar-refractivity contribution is 0.0977. The molecule has 2 aromatic heterocycles. The number of amides is 1. The second-order valence-corrected chi connectivity index (χ2v) is 9.59. The highest BCUT2D eigenvalue weighted by Gasteiger charge is 2.27. The van der Waals surface area contributed by atoms with Gasteiger partial charge in [0.1, 0.15) is 5.69 Å². The number of aryl methyl sites for hydroxylation is 3. The van der Waals surface area contributed by atoms with Gasteiger partial charge in [-0.25, -0.2) is 9.67 Å². The molecule has 162 valence electrons. The monoisotopic (exact) mass is 482 g/mol. The summed E-state index contributed by atoms with van der Waals surface area (Å²) in [6, 6.07) is 13.4. The van der Waals surface area contributed by atoms with Gasteiger partial charge < -0.3 is 4.90 Å². The average molecular weight is 483 g/mol. The number of carbonyl (C=O) groups is 1. The minimum absolute atomic E-state index is 0.0725. The van der Waals surface area contributed by atoms with Crippen LogP contribution in [0.4, 0.5) is 5.69 Å². The van der Waals surface area contributed by atoms with E-state index in [1.807, 2.05) is 35.4 Å². The Hall–Kier alpha value is -2.67. The second-order valence-electron chi connectivity index (χ2n) is 7.91. The van der Waals surface area contributed by atoms with Crippen LogP contribution < -0.4 is 4.90 Å². The van der Waals surface area contributed by atoms with Crippen LogP contribution in [0.2, 0.25) is 10.0 Å². The van der Waals surface area contributed by atoms with Crippen LogP contribution in [0, 0.1) is 13.8 Å². The molecule has 3 heterocycles. The van der Waals surface area contributed by atoms with Crippen LogP contribution in [0.15, 0.2) is 47.8 Å². The van der Waals surface area contributed by atoms with Gasteiger partial charge in [0.15, 0.2) is 0 Å². The maximum Gasteiger partial charge on any atom is 0.277 e. The predicted octanol–water partition coefficient (Wildman–Crippen LogP) is 6.51. The lowest BCUT2D eigenvalue weighted by Gasteiger charge is -2.29. The fourth-order valence-electron chi connectivity index (χ4n) is 4.06. The first-order chi connectivity index (χ1) is 15.4. The van der Waals surface area contributed by atoms with Crippen molar-refractivity contribution in [2.75, 3.05) is 11.4 Å². The minimum atomic E-state index is -0.0725. The van der Waals surface area contributed by atoms with Gasteiger partial charge in [0.05, 0.1) is 16.4 Å². The largest absolute Gasteiger partial charge is 0.307 e. The van der Waals surface area contributed by atoms with E-state index in [2.05, 4.69) is 24.2 Å². The van der Waals surface area contributed by atoms with E-state index in [1.54, 1.807) is 16.8 Å². The van der Waals surface area contributed by atoms with Crippen molar-refractivity contribution < 1.29 is 4.79 Å². The first kappa shape index (κ1) is 21.2. The molecule has 0 atom stereocenters. The molecule has 0 unspecified atom stereocenters. The fraction of sp³-hybridized carbons (Fsp3) is 0.208. The maximum atomic E-state index is 13.6. The summed E-state index contributed by atoms with van der Waals surface area (Å²) >= 11 is 13.8. The van der Waals surface area contributed by atoms with Crippen LogP contribution in [-0.2, 0) is 6.42 Å². The van der Waals surface area contributed by atoms with Crippen LogP contribution in [-0.4, -0.2) is 27.2 Å². The quantitative estimate of drug-likeness (QED) is 0.334. The van der Waals surface area contributed by atoms with E-state index in [9.17, 15) is 4.79 Å². The summed E-state index contributed by atoms with van der Waals surface area (Å²) in [7, 11) is 0. The highest BCUT2D eigenvalue weighted by atomic mass is 35.5. The smallest absolute Gasteiger partial charge is 0.277 e. The first-order valence-electron chi connectivity index (χ1n) is 10.3. The van der Waals surface area contributed by atoms with Gasteiger partial charge in [0.2, 0.25) is 5.13 Å². The van der Waals surface area contributed by atoms with Crippen LogP contribution in [0.25, 0.3) is 16.4 Å². The zero-order valence-electron chi connectivity index (χ0n) is 17.6. The van der Waals surface area contributed by atoms with Gasteiger partial charge >= 0.3 is 0 Å². The topological polar surface area (TPSA) is 51.0 Å². The molecule has 5 rings (SSSR count). The van der Waals surface area contributed by atoms with Crippen molar-refractivity contribution in [1.82, 2.24) is 14.8 Å². The number of hydrogen-bond acceptors (Lipinski definition) is 4. The van der Waals surface area contributed by atoms with Gasteiger partial charge in [0, 0.05) is 28.2 Å². The van der Waals surface area contributed by atoms with Gasteiger partial charge in [-0.1, -0.05) is 40.9 Å². The molecular weight excluding hydrogens is 463 g/mol. The van der Waals surface area contributed by atoms with Gasteiger partial charge in [-0.3, -0.25) is 4.79 Å². The summed E-state index contributed by atoms with van der Waals surface area (Å²) in [6.07, 6.45) is 1.92. The lowest BCUT2D eigenvalue weighted by Crippen LogP contribution is -2.36. The molecule has 8 heteroatoms. The Morgan fingerprint density at radius 3 is 2.75 bits per heavy atom. The first-order valence-corrected chi connectivity index (χ1v) is 11.9. The molecule has 0 saturated carbocycles. The Morgan fingerprint density at radius 1 is 1.09 bits per heavy atom. The highest BCUT2D eigenvalue weighted by molar-refractivity contribution is 7.12. The van der Waals surface area contributed by atoms with Gasteiger partial charge in [-0.2, -0.15) is 5.10 Å². The summed E-state index contributed by atoms with van der Waals surface area (Å²) < 4.78 is 1.64. The Labute approximate surface area is 200 Å². The number of anilines is 1. The van der Waals surface area contributed by atoms with Crippen molar-refractivity contribution in [3.63, 3.8) is 0 Å². The van der Waals surface area contributed by atoms with E-state index >= 15 is 0 Å². The van der Waals surface area contributed by atoms with Crippen molar-refractivity contribution in [1.29, 1.82) is 0 Å². The minimum Gasteiger partial charge on any atom is -0.307 e. The summed E-state index contributed by atoms with van der Waals surface area (Å²) in [5, 5.41) is 8.20. The number of nitrogens with zero attached hydrogens (tertiary/aromatic N) is 4. The van der Waals surface area contributed by atoms with Crippen LogP contribution in [0.5, 0.6) is 0 Å². The molecule has 0 radical (unpaired) electrons. The van der Waals surface area contributed by atoms with E-state index in [0.717, 1.165) is 35.5 Å². The number of aromatic nitrogens is 3. The molecule has 5 nitrogen and oxygen atoms in total. The zero-order valence-corrected chi connectivity index (χ0v) is 19.9. The molecule has 1 aliphatic rings. The number of benzene rings is 2. The van der Waals surface area contributed by atoms with Crippen molar-refractivity contribution in [2.24, 2.45) is 0 Å². The average Bonchev–Trinajstić information content (AvgIpc) is 3.39. The van der Waals surface area contributed by atoms with E-state index in [4.69, 9.17) is 28.2 Å². The molecule has 0 bridgehead atoms. The Kier molecular flexibility index (Phi) is 5.53. The third-order valence-corrected chi connectivity index (χ3v) is 6.89. The molecule has 0 N–H and O–H groups in total. The maximum absolute atomic E-state index is 13.6. The lowest BCUT2D eigenvalue weighted by atomic mass is 9.99. The summed E-state index contributed by atoms with van der Waals surface area (Å²) in [5.41, 5.74) is 6.16. The van der Waals surface area contributed by atoms with E-state index in [-0.39, 0.29) is 5.91 Å². The Balaban J connectivity index is 1.52. The van der Waals surface area contributed by atoms with Crippen LogP contribution in [0.1, 0.15) is 33.7 Å². The standard InChI is InChI=1S/C24H20Cl2N4OS/c1-14-5-8-21-16(10-14)4-3-9-29(21)23(31)22-11-15(2)28-30(22)24-27-20(13-32-24)18-7-6-17(25)12-19(18)26/h5-8,10-13H,3-4,9H2,1-2H3. The third kappa shape index (κ3) is 3.83. The molecule has 0 fully saturated rings. The van der Waals surface area contributed by atoms with Crippen LogP contribution in [0.3, 0.4) is 0 Å². The van der Waals surface area contributed by atoms with Gasteiger partial charge in [-0.05, 0) is 62.6 Å². The molecule has 0 aliphatic carbocycles. The molecular formula is C24H20Cl2N4OS. The number of halogens is 2. The molecule has 1 amide bonds. The Morgan fingerprint density at radius 2 is 1.94 bits per heavy atom. The molecule has 0 spiro atoms. The van der Waals surface area contributed by atoms with Crippen molar-refractivity contribution in [3.8, 4) is 16.4 Å². The van der Waals surface area contributed by atoms with Crippen LogP contribution >= 0.6 is 34.5 Å². The third-order valence-electron chi connectivity index (χ3n) is 5.53. The van der Waals surface area contributed by atoms with Gasteiger partial charge in [-0.15, -0.1) is 11.3 Å². The highest BCUT2D eigenvalue weighted by Crippen LogP contribution is 2.33. The molecule has 0 saturated heterocycles. The fourth-order valence-corrected chi connectivity index (χ4v) is 5.35. The number of fused-ring (bicyclic) bond motifs is 1. The predicted molar refractivity (Wildman–Crippen MR) is 131 cm³/mol. The second kappa shape index (κ2) is 8.35. The summed E-state index contributed by atoms with van der Waals surface area (Å²) in [6.45, 7) is 4.64. The SMILES string of the molecule is Cc1ccc2c(c1)CCCN2C(=O)c1cc(C)nn1-c1nc(-c2ccc(Cl)cc2Cl)cs1. The normalized spacial score (nSPS) is 13.3. The number of hydrogen-bond donors (Lipinski definition) is 0. The van der Waals surface area contributed by atoms with E-state index in [1.165, 1.54) is 22.5 Å². The summed E-state index contributed by atoms with van der Waals surface area (Å²) in [5.74, 6) is -0.0725. The summed E-state index contributed by atoms with van der Waals surface area (Å²) in [4.78, 5) is 20.2. The Bertz CT molecular complexity index is 1340. The van der Waals surface area contributed by atoms with Crippen molar-refractivity contribution in [3.05, 3.63) is 80.4 Å². The zero-order chi connectivity index (χ0) is 22.4. The molecule has 32 heavy (non-hydrogen) atoms. The van der Waals surface area contributed by atoms with E-state index < -0.39 is 0 Å². The number of carbonyl (C=O) groups excluding carboxylic acids is 1. The molecule has 2 aromatic carbocycles.